The smallest absolute Gasteiger partial charge is 0.166 e. The van der Waals surface area contributed by atoms with Gasteiger partial charge in [0.25, 0.3) is 0 Å². The van der Waals surface area contributed by atoms with Crippen LogP contribution in [0.15, 0.2) is 0 Å². The minimum Gasteiger partial charge on any atom is -0.376 e. The molecular weight excluding hydrogens is 168 g/mol. The summed E-state index contributed by atoms with van der Waals surface area (Å²) >= 11 is 4.93. The van der Waals surface area contributed by atoms with Crippen LogP contribution in [0.25, 0.3) is 0 Å². The summed E-state index contributed by atoms with van der Waals surface area (Å²) in [5, 5.41) is 0.537. The number of rotatable bonds is 1. The van der Waals surface area contributed by atoms with Crippen LogP contribution in [-0.4, -0.2) is 23.1 Å². The predicted molar refractivity (Wildman–Crippen MR) is 56.0 cm³/mol. The minimum absolute atomic E-state index is 0.537. The highest BCUT2D eigenvalue weighted by Gasteiger charge is 2.21. The van der Waals surface area contributed by atoms with Crippen LogP contribution in [0.4, 0.5) is 0 Å². The summed E-state index contributed by atoms with van der Waals surface area (Å²) in [5.41, 5.74) is 5.56. The Kier molecular flexibility index (Phi) is 3.32. The van der Waals surface area contributed by atoms with E-state index in [1.165, 1.54) is 25.7 Å². The first-order chi connectivity index (χ1) is 5.61. The zero-order valence-electron chi connectivity index (χ0n) is 7.92. The molecule has 0 saturated heterocycles. The summed E-state index contributed by atoms with van der Waals surface area (Å²) in [4.78, 5) is 2.04. The molecule has 1 aliphatic rings. The molecule has 0 aromatic heterocycles. The number of nitrogens with zero attached hydrogens (tertiary/aromatic N) is 1. The molecule has 0 unspecified atom stereocenters. The van der Waals surface area contributed by atoms with Gasteiger partial charge in [-0.2, -0.15) is 0 Å². The Labute approximate surface area is 80.1 Å². The van der Waals surface area contributed by atoms with Crippen molar-refractivity contribution in [3.05, 3.63) is 0 Å². The topological polar surface area (TPSA) is 29.3 Å². The van der Waals surface area contributed by atoms with Crippen molar-refractivity contribution in [2.45, 2.75) is 38.6 Å². The molecule has 3 heteroatoms. The van der Waals surface area contributed by atoms with Gasteiger partial charge in [0, 0.05) is 13.1 Å². The van der Waals surface area contributed by atoms with Crippen molar-refractivity contribution in [3.63, 3.8) is 0 Å². The van der Waals surface area contributed by atoms with Gasteiger partial charge in [-0.1, -0.05) is 6.92 Å². The molecule has 0 heterocycles. The molecule has 0 aromatic carbocycles. The molecule has 12 heavy (non-hydrogen) atoms. The summed E-state index contributed by atoms with van der Waals surface area (Å²) < 4.78 is 0. The fraction of sp³-hybridized carbons (Fsp3) is 0.889. The van der Waals surface area contributed by atoms with Crippen molar-refractivity contribution in [2.24, 2.45) is 11.7 Å². The summed E-state index contributed by atoms with van der Waals surface area (Å²) in [7, 11) is 2.00. The van der Waals surface area contributed by atoms with Gasteiger partial charge in [0.15, 0.2) is 5.11 Å². The first-order valence-electron chi connectivity index (χ1n) is 4.63. The van der Waals surface area contributed by atoms with Gasteiger partial charge in [0.2, 0.25) is 0 Å². The predicted octanol–water partition coefficient (Wildman–Crippen LogP) is 1.74. The van der Waals surface area contributed by atoms with Gasteiger partial charge in [-0.15, -0.1) is 0 Å². The molecule has 2 N–H and O–H groups in total. The van der Waals surface area contributed by atoms with E-state index in [4.69, 9.17) is 18.0 Å². The van der Waals surface area contributed by atoms with Crippen molar-refractivity contribution in [3.8, 4) is 0 Å². The molecule has 0 atom stereocenters. The molecule has 2 nitrogen and oxygen atoms in total. The zero-order chi connectivity index (χ0) is 9.14. The van der Waals surface area contributed by atoms with Crippen LogP contribution in [0.1, 0.15) is 32.6 Å². The molecule has 0 bridgehead atoms. The van der Waals surface area contributed by atoms with Gasteiger partial charge in [0.05, 0.1) is 0 Å². The first-order valence-corrected chi connectivity index (χ1v) is 5.04. The molecule has 1 rings (SSSR count). The number of hydrogen-bond donors (Lipinski definition) is 1. The highest BCUT2D eigenvalue weighted by molar-refractivity contribution is 7.80. The lowest BCUT2D eigenvalue weighted by Crippen LogP contribution is -2.42. The van der Waals surface area contributed by atoms with E-state index in [1.807, 2.05) is 11.9 Å². The fourth-order valence-electron chi connectivity index (χ4n) is 1.81. The van der Waals surface area contributed by atoms with Gasteiger partial charge in [-0.25, -0.2) is 0 Å². The third kappa shape index (κ3) is 2.34. The van der Waals surface area contributed by atoms with Crippen molar-refractivity contribution in [2.75, 3.05) is 7.05 Å². The van der Waals surface area contributed by atoms with Crippen molar-refractivity contribution >= 4 is 17.3 Å². The highest BCUT2D eigenvalue weighted by Crippen LogP contribution is 2.26. The fourth-order valence-corrected chi connectivity index (χ4v) is 1.96. The molecular formula is C9H18N2S. The van der Waals surface area contributed by atoms with E-state index in [0.717, 1.165) is 5.92 Å². The average molecular weight is 186 g/mol. The van der Waals surface area contributed by atoms with Gasteiger partial charge in [-0.3, -0.25) is 0 Å². The second kappa shape index (κ2) is 4.08. The van der Waals surface area contributed by atoms with Crippen LogP contribution in [-0.2, 0) is 0 Å². The van der Waals surface area contributed by atoms with E-state index >= 15 is 0 Å². The first kappa shape index (κ1) is 9.78. The Morgan fingerprint density at radius 2 is 1.83 bits per heavy atom. The highest BCUT2D eigenvalue weighted by atomic mass is 32.1. The second-order valence-electron chi connectivity index (χ2n) is 3.86. The normalized spacial score (nSPS) is 29.8. The standard InChI is InChI=1S/C9H18N2S/c1-7-3-5-8(6-4-7)11(2)9(10)12/h7-8H,3-6H2,1-2H3,(H2,10,12). The summed E-state index contributed by atoms with van der Waals surface area (Å²) in [6.07, 6.45) is 5.12. The lowest BCUT2D eigenvalue weighted by molar-refractivity contribution is 0.240. The van der Waals surface area contributed by atoms with E-state index in [0.29, 0.717) is 11.2 Å². The van der Waals surface area contributed by atoms with Crippen LogP contribution < -0.4 is 5.73 Å². The molecule has 0 aromatic rings. The largest absolute Gasteiger partial charge is 0.376 e. The van der Waals surface area contributed by atoms with Crippen LogP contribution >= 0.6 is 12.2 Å². The summed E-state index contributed by atoms with van der Waals surface area (Å²) in [6, 6.07) is 0.596. The van der Waals surface area contributed by atoms with Gasteiger partial charge >= 0.3 is 0 Å². The van der Waals surface area contributed by atoms with Gasteiger partial charge in [-0.05, 0) is 43.8 Å². The average Bonchev–Trinajstić information content (AvgIpc) is 2.04. The maximum atomic E-state index is 5.56. The van der Waals surface area contributed by atoms with Crippen molar-refractivity contribution < 1.29 is 0 Å². The molecule has 0 amide bonds. The summed E-state index contributed by atoms with van der Waals surface area (Å²) in [6.45, 7) is 2.32. The quantitative estimate of drug-likeness (QED) is 0.633. The lowest BCUT2D eigenvalue weighted by Gasteiger charge is -2.33. The van der Waals surface area contributed by atoms with Crippen LogP contribution in [0.5, 0.6) is 0 Å². The van der Waals surface area contributed by atoms with E-state index in [-0.39, 0.29) is 0 Å². The van der Waals surface area contributed by atoms with Crippen LogP contribution in [0.2, 0.25) is 0 Å². The Morgan fingerprint density at radius 3 is 2.25 bits per heavy atom. The van der Waals surface area contributed by atoms with Gasteiger partial charge < -0.3 is 10.6 Å². The molecule has 1 fully saturated rings. The summed E-state index contributed by atoms with van der Waals surface area (Å²) in [5.74, 6) is 0.890. The third-order valence-electron chi connectivity index (χ3n) is 2.88. The Morgan fingerprint density at radius 1 is 1.33 bits per heavy atom. The molecule has 0 spiro atoms. The van der Waals surface area contributed by atoms with Crippen LogP contribution in [0.3, 0.4) is 0 Å². The number of hydrogen-bond acceptors (Lipinski definition) is 1. The van der Waals surface area contributed by atoms with Gasteiger partial charge in [0.1, 0.15) is 0 Å². The van der Waals surface area contributed by atoms with E-state index in [1.54, 1.807) is 0 Å². The van der Waals surface area contributed by atoms with E-state index < -0.39 is 0 Å². The van der Waals surface area contributed by atoms with Crippen LogP contribution in [0, 0.1) is 5.92 Å². The molecule has 0 aliphatic heterocycles. The zero-order valence-corrected chi connectivity index (χ0v) is 8.73. The minimum atomic E-state index is 0.537. The second-order valence-corrected chi connectivity index (χ2v) is 4.28. The number of thiocarbonyl (C=S) groups is 1. The SMILES string of the molecule is CC1CCC(N(C)C(N)=S)CC1. The number of nitrogens with two attached hydrogens (primary N) is 1. The Balaban J connectivity index is 2.39. The molecule has 1 saturated carbocycles. The maximum absolute atomic E-state index is 5.56. The van der Waals surface area contributed by atoms with E-state index in [2.05, 4.69) is 6.92 Å². The molecule has 1 aliphatic carbocycles. The lowest BCUT2D eigenvalue weighted by atomic mass is 9.87. The Bertz CT molecular complexity index is 162. The van der Waals surface area contributed by atoms with Crippen molar-refractivity contribution in [1.82, 2.24) is 4.90 Å². The molecule has 0 radical (unpaired) electrons. The van der Waals surface area contributed by atoms with Crippen molar-refractivity contribution in [1.29, 1.82) is 0 Å². The molecule has 70 valence electrons. The monoisotopic (exact) mass is 186 g/mol. The van der Waals surface area contributed by atoms with E-state index in [9.17, 15) is 0 Å². The maximum Gasteiger partial charge on any atom is 0.166 e. The third-order valence-corrected chi connectivity index (χ3v) is 3.17. The Hall–Kier alpha value is -0.310.